The van der Waals surface area contributed by atoms with E-state index in [0.717, 1.165) is 23.6 Å². The van der Waals surface area contributed by atoms with Crippen molar-refractivity contribution in [3.8, 4) is 11.5 Å². The summed E-state index contributed by atoms with van der Waals surface area (Å²) in [6, 6.07) is 16.9. The lowest BCUT2D eigenvalue weighted by molar-refractivity contribution is 0.269. The number of benzene rings is 2. The minimum absolute atomic E-state index is 0. The maximum atomic E-state index is 5.95. The molecule has 0 radical (unpaired) electrons. The predicted octanol–water partition coefficient (Wildman–Crippen LogP) is 4.51. The summed E-state index contributed by atoms with van der Waals surface area (Å²) < 4.78 is 11.7. The van der Waals surface area contributed by atoms with E-state index in [-0.39, 0.29) is 12.4 Å². The predicted molar refractivity (Wildman–Crippen MR) is 95.6 cm³/mol. The molecule has 0 saturated carbocycles. The van der Waals surface area contributed by atoms with E-state index >= 15 is 0 Å². The quantitative estimate of drug-likeness (QED) is 0.843. The highest BCUT2D eigenvalue weighted by Gasteiger charge is 2.18. The molecule has 2 aromatic carbocycles. The summed E-state index contributed by atoms with van der Waals surface area (Å²) in [7, 11) is 0. The van der Waals surface area contributed by atoms with Crippen molar-refractivity contribution in [3.05, 3.63) is 59.7 Å². The van der Waals surface area contributed by atoms with Gasteiger partial charge in [0.1, 0.15) is 6.61 Å². The first-order valence-corrected chi connectivity index (χ1v) is 8.03. The molecule has 3 nitrogen and oxygen atoms in total. The maximum absolute atomic E-state index is 5.95. The largest absolute Gasteiger partial charge is 0.490 e. The number of rotatable bonds is 6. The molecular weight excluding hydrogens is 310 g/mol. The van der Waals surface area contributed by atoms with Gasteiger partial charge in [-0.15, -0.1) is 12.4 Å². The van der Waals surface area contributed by atoms with Crippen molar-refractivity contribution in [1.82, 2.24) is 5.32 Å². The fraction of sp³-hybridized carbons (Fsp3) is 0.368. The molecule has 1 atom stereocenters. The second-order valence-electron chi connectivity index (χ2n) is 5.56. The summed E-state index contributed by atoms with van der Waals surface area (Å²) in [6.45, 7) is 4.30. The van der Waals surface area contributed by atoms with Gasteiger partial charge in [-0.25, -0.2) is 0 Å². The molecule has 0 bridgehead atoms. The first-order chi connectivity index (χ1) is 10.9. The van der Waals surface area contributed by atoms with E-state index in [0.29, 0.717) is 19.3 Å². The van der Waals surface area contributed by atoms with Crippen molar-refractivity contribution in [1.29, 1.82) is 0 Å². The Hall–Kier alpha value is -1.71. The van der Waals surface area contributed by atoms with E-state index in [9.17, 15) is 0 Å². The third kappa shape index (κ3) is 4.63. The van der Waals surface area contributed by atoms with Gasteiger partial charge in [-0.1, -0.05) is 36.4 Å². The van der Waals surface area contributed by atoms with Crippen LogP contribution in [0.1, 0.15) is 36.9 Å². The van der Waals surface area contributed by atoms with Gasteiger partial charge in [-0.2, -0.15) is 0 Å². The summed E-state index contributed by atoms with van der Waals surface area (Å²) in [5.41, 5.74) is 2.44. The van der Waals surface area contributed by atoms with Crippen LogP contribution in [0.2, 0.25) is 0 Å². The molecule has 3 rings (SSSR count). The maximum Gasteiger partial charge on any atom is 0.161 e. The number of halogens is 1. The van der Waals surface area contributed by atoms with Crippen LogP contribution >= 0.6 is 12.4 Å². The van der Waals surface area contributed by atoms with Crippen LogP contribution in [0, 0.1) is 0 Å². The third-order valence-electron chi connectivity index (χ3n) is 3.97. The molecule has 0 aromatic heterocycles. The molecule has 0 unspecified atom stereocenters. The third-order valence-corrected chi connectivity index (χ3v) is 3.97. The van der Waals surface area contributed by atoms with Crippen LogP contribution in [-0.4, -0.2) is 13.2 Å². The van der Waals surface area contributed by atoms with Gasteiger partial charge in [0.25, 0.3) is 0 Å². The van der Waals surface area contributed by atoms with Gasteiger partial charge >= 0.3 is 0 Å². The van der Waals surface area contributed by atoms with E-state index < -0.39 is 0 Å². The molecule has 0 amide bonds. The van der Waals surface area contributed by atoms with Crippen molar-refractivity contribution in [2.24, 2.45) is 0 Å². The highest BCUT2D eigenvalue weighted by molar-refractivity contribution is 5.85. The van der Waals surface area contributed by atoms with Crippen LogP contribution in [0.5, 0.6) is 11.5 Å². The molecule has 1 fully saturated rings. The molecular formula is C19H24ClNO2. The van der Waals surface area contributed by atoms with Crippen LogP contribution in [-0.2, 0) is 6.61 Å². The van der Waals surface area contributed by atoms with Crippen molar-refractivity contribution in [2.45, 2.75) is 32.4 Å². The fourth-order valence-corrected chi connectivity index (χ4v) is 2.83. The fourth-order valence-electron chi connectivity index (χ4n) is 2.83. The lowest BCUT2D eigenvalue weighted by atomic mass is 10.0. The van der Waals surface area contributed by atoms with E-state index in [1.165, 1.54) is 18.4 Å². The normalized spacial score (nSPS) is 16.7. The molecule has 1 aliphatic rings. The summed E-state index contributed by atoms with van der Waals surface area (Å²) in [5.74, 6) is 1.65. The Morgan fingerprint density at radius 3 is 2.57 bits per heavy atom. The number of ether oxygens (including phenoxy) is 2. The van der Waals surface area contributed by atoms with E-state index in [1.807, 2.05) is 31.2 Å². The molecule has 0 aliphatic carbocycles. The molecule has 2 aromatic rings. The van der Waals surface area contributed by atoms with Gasteiger partial charge in [0, 0.05) is 6.04 Å². The second-order valence-corrected chi connectivity index (χ2v) is 5.56. The zero-order chi connectivity index (χ0) is 15.2. The minimum Gasteiger partial charge on any atom is -0.490 e. The molecule has 1 N–H and O–H groups in total. The van der Waals surface area contributed by atoms with Crippen LogP contribution in [0.15, 0.2) is 48.5 Å². The monoisotopic (exact) mass is 333 g/mol. The lowest BCUT2D eigenvalue weighted by Gasteiger charge is -2.16. The first-order valence-electron chi connectivity index (χ1n) is 8.03. The smallest absolute Gasteiger partial charge is 0.161 e. The molecule has 4 heteroatoms. The topological polar surface area (TPSA) is 30.5 Å². The second kappa shape index (κ2) is 8.80. The van der Waals surface area contributed by atoms with Crippen molar-refractivity contribution in [2.75, 3.05) is 13.2 Å². The standard InChI is InChI=1S/C19H23NO2.ClH/c1-2-21-19-13-16(17-9-6-12-20-17)10-11-18(19)22-14-15-7-4-3-5-8-15;/h3-5,7-8,10-11,13,17,20H,2,6,9,12,14H2,1H3;1H/t17-;/m0./s1. The summed E-state index contributed by atoms with van der Waals surface area (Å²) in [5, 5.41) is 3.52. The van der Waals surface area contributed by atoms with Crippen LogP contribution in [0.4, 0.5) is 0 Å². The van der Waals surface area contributed by atoms with Gasteiger partial charge < -0.3 is 14.8 Å². The number of hydrogen-bond donors (Lipinski definition) is 1. The number of hydrogen-bond acceptors (Lipinski definition) is 3. The van der Waals surface area contributed by atoms with Crippen LogP contribution in [0.25, 0.3) is 0 Å². The van der Waals surface area contributed by atoms with Gasteiger partial charge in [-0.05, 0) is 49.6 Å². The Morgan fingerprint density at radius 1 is 1.04 bits per heavy atom. The lowest BCUT2D eigenvalue weighted by Crippen LogP contribution is -2.13. The van der Waals surface area contributed by atoms with Crippen molar-refractivity contribution >= 4 is 12.4 Å². The Morgan fingerprint density at radius 2 is 1.87 bits per heavy atom. The van der Waals surface area contributed by atoms with E-state index in [1.54, 1.807) is 0 Å². The zero-order valence-corrected chi connectivity index (χ0v) is 14.3. The highest BCUT2D eigenvalue weighted by Crippen LogP contribution is 2.33. The van der Waals surface area contributed by atoms with Gasteiger partial charge in [0.2, 0.25) is 0 Å². The zero-order valence-electron chi connectivity index (χ0n) is 13.5. The Balaban J connectivity index is 0.00000192. The average molecular weight is 334 g/mol. The van der Waals surface area contributed by atoms with Gasteiger partial charge in [0.05, 0.1) is 6.61 Å². The number of nitrogens with one attached hydrogen (secondary N) is 1. The van der Waals surface area contributed by atoms with Crippen molar-refractivity contribution < 1.29 is 9.47 Å². The molecule has 1 heterocycles. The SMILES string of the molecule is CCOc1cc([C@@H]2CCCN2)ccc1OCc1ccccc1.Cl. The van der Waals surface area contributed by atoms with Gasteiger partial charge in [0.15, 0.2) is 11.5 Å². The average Bonchev–Trinajstić information content (AvgIpc) is 3.09. The molecule has 1 saturated heterocycles. The molecule has 1 aliphatic heterocycles. The Kier molecular flexibility index (Phi) is 6.75. The van der Waals surface area contributed by atoms with Crippen LogP contribution in [0.3, 0.4) is 0 Å². The molecule has 0 spiro atoms. The summed E-state index contributed by atoms with van der Waals surface area (Å²) in [6.07, 6.45) is 2.43. The first kappa shape index (κ1) is 17.6. The summed E-state index contributed by atoms with van der Waals surface area (Å²) >= 11 is 0. The van der Waals surface area contributed by atoms with E-state index in [4.69, 9.17) is 9.47 Å². The Labute approximate surface area is 144 Å². The summed E-state index contributed by atoms with van der Waals surface area (Å²) in [4.78, 5) is 0. The van der Waals surface area contributed by atoms with Crippen LogP contribution < -0.4 is 14.8 Å². The Bertz CT molecular complexity index is 598. The molecule has 124 valence electrons. The van der Waals surface area contributed by atoms with E-state index in [2.05, 4.69) is 29.6 Å². The minimum atomic E-state index is 0. The van der Waals surface area contributed by atoms with Crippen molar-refractivity contribution in [3.63, 3.8) is 0 Å². The molecule has 23 heavy (non-hydrogen) atoms. The van der Waals surface area contributed by atoms with Gasteiger partial charge in [-0.3, -0.25) is 0 Å². The highest BCUT2D eigenvalue weighted by atomic mass is 35.5.